The van der Waals surface area contributed by atoms with Gasteiger partial charge in [0.2, 0.25) is 0 Å². The lowest BCUT2D eigenvalue weighted by atomic mass is 10.0. The molecule has 0 aliphatic carbocycles. The molecule has 3 rings (SSSR count). The second-order valence-corrected chi connectivity index (χ2v) is 4.97. The molecule has 3 aromatic rings. The highest BCUT2D eigenvalue weighted by molar-refractivity contribution is 6.13. The van der Waals surface area contributed by atoms with E-state index in [1.165, 1.54) is 12.1 Å². The molecule has 3 aromatic carbocycles. The van der Waals surface area contributed by atoms with Gasteiger partial charge in [0.15, 0.2) is 0 Å². The van der Waals surface area contributed by atoms with Gasteiger partial charge in [0.25, 0.3) is 0 Å². The average molecular weight is 300 g/mol. The van der Waals surface area contributed by atoms with E-state index in [0.29, 0.717) is 5.69 Å². The molecule has 0 amide bonds. The van der Waals surface area contributed by atoms with Gasteiger partial charge in [0.1, 0.15) is 11.9 Å². The summed E-state index contributed by atoms with van der Waals surface area (Å²) in [7, 11) is 0. The highest BCUT2D eigenvalue weighted by Gasteiger charge is 2.08. The first-order valence-corrected chi connectivity index (χ1v) is 7.17. The molecule has 0 saturated heterocycles. The molecule has 2 nitrogen and oxygen atoms in total. The first-order valence-electron chi connectivity index (χ1n) is 7.17. The fourth-order valence-corrected chi connectivity index (χ4v) is 2.29. The Hall–Kier alpha value is -3.25. The summed E-state index contributed by atoms with van der Waals surface area (Å²) in [5, 5.41) is 8.97. The predicted octanol–water partition coefficient (Wildman–Crippen LogP) is 4.87. The van der Waals surface area contributed by atoms with Crippen molar-refractivity contribution >= 4 is 11.4 Å². The number of benzene rings is 3. The molecule has 0 aliphatic heterocycles. The lowest BCUT2D eigenvalue weighted by Gasteiger charge is -2.08. The molecule has 23 heavy (non-hydrogen) atoms. The number of hydrogen-bond acceptors (Lipinski definition) is 2. The van der Waals surface area contributed by atoms with E-state index < -0.39 is 5.82 Å². The third kappa shape index (κ3) is 3.33. The molecule has 3 heteroatoms. The van der Waals surface area contributed by atoms with Crippen LogP contribution in [-0.4, -0.2) is 5.71 Å². The van der Waals surface area contributed by atoms with Crippen LogP contribution in [0.1, 0.15) is 16.7 Å². The summed E-state index contributed by atoms with van der Waals surface area (Å²) in [6.45, 7) is 0. The van der Waals surface area contributed by atoms with Crippen LogP contribution in [0.3, 0.4) is 0 Å². The standard InChI is InChI=1S/C20H13FN2/c21-19-12-11-18(13-17(19)14-22)23-20(15-7-3-1-4-8-15)16-9-5-2-6-10-16/h1-13H. The van der Waals surface area contributed by atoms with Gasteiger partial charge in [-0.3, -0.25) is 0 Å². The molecule has 0 atom stereocenters. The molecule has 110 valence electrons. The molecular weight excluding hydrogens is 287 g/mol. The third-order valence-corrected chi connectivity index (χ3v) is 3.41. The summed E-state index contributed by atoms with van der Waals surface area (Å²) in [6.07, 6.45) is 0. The van der Waals surface area contributed by atoms with Crippen LogP contribution < -0.4 is 0 Å². The molecule has 0 heterocycles. The lowest BCUT2D eigenvalue weighted by molar-refractivity contribution is 0.624. The topological polar surface area (TPSA) is 36.1 Å². The molecular formula is C20H13FN2. The molecule has 0 fully saturated rings. The first kappa shape index (κ1) is 14.7. The Morgan fingerprint density at radius 1 is 0.826 bits per heavy atom. The van der Waals surface area contributed by atoms with Crippen molar-refractivity contribution in [3.8, 4) is 6.07 Å². The molecule has 0 aliphatic rings. The van der Waals surface area contributed by atoms with E-state index in [9.17, 15) is 4.39 Å². The van der Waals surface area contributed by atoms with E-state index in [0.717, 1.165) is 16.8 Å². The molecule has 0 saturated carbocycles. The SMILES string of the molecule is N#Cc1cc(N=C(c2ccccc2)c2ccccc2)ccc1F. The van der Waals surface area contributed by atoms with Gasteiger partial charge < -0.3 is 0 Å². The predicted molar refractivity (Wildman–Crippen MR) is 89.3 cm³/mol. The summed E-state index contributed by atoms with van der Waals surface area (Å²) in [5.74, 6) is -0.535. The second kappa shape index (κ2) is 6.67. The van der Waals surface area contributed by atoms with Crippen LogP contribution in [0.4, 0.5) is 10.1 Å². The van der Waals surface area contributed by atoms with E-state index in [2.05, 4.69) is 4.99 Å². The van der Waals surface area contributed by atoms with Gasteiger partial charge in [0, 0.05) is 11.1 Å². The second-order valence-electron chi connectivity index (χ2n) is 4.97. The van der Waals surface area contributed by atoms with Crippen molar-refractivity contribution in [3.63, 3.8) is 0 Å². The van der Waals surface area contributed by atoms with Crippen molar-refractivity contribution in [1.29, 1.82) is 5.26 Å². The first-order chi connectivity index (χ1) is 11.3. The maximum atomic E-state index is 13.5. The van der Waals surface area contributed by atoms with Gasteiger partial charge in [0.05, 0.1) is 17.0 Å². The molecule has 0 radical (unpaired) electrons. The average Bonchev–Trinajstić information content (AvgIpc) is 2.62. The van der Waals surface area contributed by atoms with Crippen molar-refractivity contribution in [2.75, 3.05) is 0 Å². The van der Waals surface area contributed by atoms with Gasteiger partial charge in [-0.15, -0.1) is 0 Å². The zero-order chi connectivity index (χ0) is 16.1. The van der Waals surface area contributed by atoms with Crippen LogP contribution in [0.15, 0.2) is 83.9 Å². The van der Waals surface area contributed by atoms with E-state index in [4.69, 9.17) is 5.26 Å². The van der Waals surface area contributed by atoms with Crippen LogP contribution in [0.2, 0.25) is 0 Å². The van der Waals surface area contributed by atoms with Crippen molar-refractivity contribution in [3.05, 3.63) is 101 Å². The van der Waals surface area contributed by atoms with Gasteiger partial charge in [-0.25, -0.2) is 9.38 Å². The Kier molecular flexibility index (Phi) is 4.26. The summed E-state index contributed by atoms with van der Waals surface area (Å²) >= 11 is 0. The van der Waals surface area contributed by atoms with Crippen molar-refractivity contribution in [1.82, 2.24) is 0 Å². The summed E-state index contributed by atoms with van der Waals surface area (Å²) in [4.78, 5) is 4.65. The fraction of sp³-hybridized carbons (Fsp3) is 0. The maximum absolute atomic E-state index is 13.5. The Morgan fingerprint density at radius 3 is 1.91 bits per heavy atom. The Morgan fingerprint density at radius 2 is 1.39 bits per heavy atom. The highest BCUT2D eigenvalue weighted by Crippen LogP contribution is 2.21. The van der Waals surface area contributed by atoms with E-state index in [-0.39, 0.29) is 5.56 Å². The number of nitriles is 1. The quantitative estimate of drug-likeness (QED) is 0.636. The summed E-state index contributed by atoms with van der Waals surface area (Å²) in [6, 6.07) is 25.7. The third-order valence-electron chi connectivity index (χ3n) is 3.41. The van der Waals surface area contributed by atoms with Gasteiger partial charge in [-0.1, -0.05) is 60.7 Å². The van der Waals surface area contributed by atoms with Crippen LogP contribution in [0.5, 0.6) is 0 Å². The monoisotopic (exact) mass is 300 g/mol. The molecule has 0 bridgehead atoms. The Bertz CT molecular complexity index is 837. The van der Waals surface area contributed by atoms with Crippen LogP contribution >= 0.6 is 0 Å². The lowest BCUT2D eigenvalue weighted by Crippen LogP contribution is -2.02. The Labute approximate surface area is 134 Å². The minimum absolute atomic E-state index is 0.00766. The highest BCUT2D eigenvalue weighted by atomic mass is 19.1. The fourth-order valence-electron chi connectivity index (χ4n) is 2.29. The smallest absolute Gasteiger partial charge is 0.141 e. The number of nitrogens with zero attached hydrogens (tertiary/aromatic N) is 2. The normalized spacial score (nSPS) is 9.91. The van der Waals surface area contributed by atoms with Crippen molar-refractivity contribution in [2.45, 2.75) is 0 Å². The van der Waals surface area contributed by atoms with Crippen LogP contribution in [0.25, 0.3) is 0 Å². The van der Waals surface area contributed by atoms with Crippen molar-refractivity contribution in [2.24, 2.45) is 4.99 Å². The molecule has 0 N–H and O–H groups in total. The number of hydrogen-bond donors (Lipinski definition) is 0. The maximum Gasteiger partial charge on any atom is 0.141 e. The van der Waals surface area contributed by atoms with E-state index in [1.807, 2.05) is 66.7 Å². The summed E-state index contributed by atoms with van der Waals surface area (Å²) in [5.41, 5.74) is 3.24. The zero-order valence-electron chi connectivity index (χ0n) is 12.3. The Balaban J connectivity index is 2.15. The van der Waals surface area contributed by atoms with Gasteiger partial charge in [-0.05, 0) is 18.2 Å². The number of rotatable bonds is 3. The van der Waals surface area contributed by atoms with Crippen LogP contribution in [-0.2, 0) is 0 Å². The van der Waals surface area contributed by atoms with Gasteiger partial charge >= 0.3 is 0 Å². The summed E-state index contributed by atoms with van der Waals surface area (Å²) < 4.78 is 13.5. The zero-order valence-corrected chi connectivity index (χ0v) is 12.3. The minimum atomic E-state index is -0.535. The van der Waals surface area contributed by atoms with Crippen LogP contribution in [0, 0.1) is 17.1 Å². The molecule has 0 spiro atoms. The number of aliphatic imine (C=N–C) groups is 1. The molecule has 0 unspecified atom stereocenters. The number of halogens is 1. The van der Waals surface area contributed by atoms with E-state index in [1.54, 1.807) is 6.07 Å². The van der Waals surface area contributed by atoms with E-state index >= 15 is 0 Å². The largest absolute Gasteiger partial charge is 0.248 e. The van der Waals surface area contributed by atoms with Gasteiger partial charge in [-0.2, -0.15) is 5.26 Å². The molecule has 0 aromatic heterocycles. The van der Waals surface area contributed by atoms with Crippen molar-refractivity contribution < 1.29 is 4.39 Å². The minimum Gasteiger partial charge on any atom is -0.248 e.